The zero-order valence-corrected chi connectivity index (χ0v) is 16.5. The fraction of sp³-hybridized carbons (Fsp3) is 0.905. The van der Waals surface area contributed by atoms with Crippen molar-refractivity contribution in [3.05, 3.63) is 0 Å². The summed E-state index contributed by atoms with van der Waals surface area (Å²) in [6.45, 7) is 3.32. The number of ether oxygens (including phenoxy) is 1. The number of hydrogen-bond acceptors (Lipinski definition) is 4. The fourth-order valence-corrected chi connectivity index (χ4v) is 5.22. The normalized spacial score (nSPS) is 25.3. The molecule has 1 saturated heterocycles. The zero-order valence-electron chi connectivity index (χ0n) is 16.5. The fourth-order valence-electron chi connectivity index (χ4n) is 5.22. The summed E-state index contributed by atoms with van der Waals surface area (Å²) in [5, 5.41) is 4.02. The lowest BCUT2D eigenvalue weighted by molar-refractivity contribution is -0.149. The number of carbonyl (C=O) groups excluding carboxylic acids is 2. The number of nitrogens with zero attached hydrogens (tertiary/aromatic N) is 1. The topological polar surface area (TPSA) is 58.6 Å². The van der Waals surface area contributed by atoms with Crippen molar-refractivity contribution >= 4 is 11.9 Å². The van der Waals surface area contributed by atoms with Crippen molar-refractivity contribution in [2.45, 2.75) is 101 Å². The van der Waals surface area contributed by atoms with Crippen molar-refractivity contribution < 1.29 is 14.3 Å². The van der Waals surface area contributed by atoms with Crippen LogP contribution in [0.2, 0.25) is 0 Å². The highest BCUT2D eigenvalue weighted by molar-refractivity contribution is 5.83. The van der Waals surface area contributed by atoms with Gasteiger partial charge in [0.25, 0.3) is 0 Å². The first-order chi connectivity index (χ1) is 12.6. The van der Waals surface area contributed by atoms with E-state index in [4.69, 9.17) is 4.74 Å². The molecule has 2 aliphatic carbocycles. The number of unbranched alkanes of at least 4 members (excludes halogenated alkanes) is 1. The molecule has 0 radical (unpaired) electrons. The largest absolute Gasteiger partial charge is 0.464 e. The third kappa shape index (κ3) is 4.79. The highest BCUT2D eigenvalue weighted by Crippen LogP contribution is 2.40. The molecule has 0 aromatic carbocycles. The highest BCUT2D eigenvalue weighted by Gasteiger charge is 2.47. The smallest absolute Gasteiger partial charge is 0.325 e. The van der Waals surface area contributed by atoms with Gasteiger partial charge in [0, 0.05) is 24.0 Å². The minimum absolute atomic E-state index is 0.00848. The molecular formula is C21H36N2O3. The van der Waals surface area contributed by atoms with Crippen LogP contribution in [0, 0.1) is 0 Å². The van der Waals surface area contributed by atoms with Crippen LogP contribution in [-0.2, 0) is 14.3 Å². The van der Waals surface area contributed by atoms with Gasteiger partial charge >= 0.3 is 5.97 Å². The maximum Gasteiger partial charge on any atom is 0.325 e. The van der Waals surface area contributed by atoms with Crippen molar-refractivity contribution in [3.63, 3.8) is 0 Å². The summed E-state index contributed by atoms with van der Waals surface area (Å²) in [5.74, 6) is -0.119. The van der Waals surface area contributed by atoms with E-state index in [0.29, 0.717) is 19.6 Å². The Hall–Kier alpha value is -1.10. The second-order valence-corrected chi connectivity index (χ2v) is 8.81. The van der Waals surface area contributed by atoms with E-state index in [1.807, 2.05) is 0 Å². The number of carbonyl (C=O) groups is 2. The Morgan fingerprint density at radius 3 is 2.27 bits per heavy atom. The van der Waals surface area contributed by atoms with Crippen LogP contribution in [0.15, 0.2) is 0 Å². The molecule has 148 valence electrons. The molecule has 2 spiro atoms. The minimum Gasteiger partial charge on any atom is -0.464 e. The lowest BCUT2D eigenvalue weighted by atomic mass is 9.74. The van der Waals surface area contributed by atoms with Crippen LogP contribution in [0.3, 0.4) is 0 Å². The lowest BCUT2D eigenvalue weighted by Gasteiger charge is -2.47. The first-order valence-corrected chi connectivity index (χ1v) is 10.8. The molecule has 5 nitrogen and oxygen atoms in total. The summed E-state index contributed by atoms with van der Waals surface area (Å²) in [5.41, 5.74) is -0.0566. The van der Waals surface area contributed by atoms with Crippen LogP contribution in [0.5, 0.6) is 0 Å². The van der Waals surface area contributed by atoms with Crippen molar-refractivity contribution in [2.75, 3.05) is 19.7 Å². The van der Waals surface area contributed by atoms with E-state index in [1.165, 1.54) is 38.5 Å². The van der Waals surface area contributed by atoms with E-state index in [-0.39, 0.29) is 29.5 Å². The monoisotopic (exact) mass is 364 g/mol. The summed E-state index contributed by atoms with van der Waals surface area (Å²) in [6.07, 6.45) is 14.2. The van der Waals surface area contributed by atoms with Crippen LogP contribution in [-0.4, -0.2) is 47.6 Å². The van der Waals surface area contributed by atoms with Gasteiger partial charge in [0.1, 0.15) is 6.54 Å². The van der Waals surface area contributed by atoms with E-state index >= 15 is 0 Å². The van der Waals surface area contributed by atoms with Gasteiger partial charge in [0.2, 0.25) is 5.91 Å². The Morgan fingerprint density at radius 2 is 1.65 bits per heavy atom. The van der Waals surface area contributed by atoms with Crippen LogP contribution in [0.4, 0.5) is 0 Å². The average Bonchev–Trinajstić information content (AvgIpc) is 2.71. The molecule has 3 aliphatic rings. The molecule has 0 aromatic rings. The van der Waals surface area contributed by atoms with Crippen LogP contribution in [0.25, 0.3) is 0 Å². The standard InChI is InChI=1S/C21H36N2O3/c1-2-3-14-26-19(25)16-23-17-21(12-8-5-9-13-21)22-20(15-18(23)24)10-6-4-7-11-20/h22H,2-17H2,1H3. The van der Waals surface area contributed by atoms with Crippen LogP contribution < -0.4 is 5.32 Å². The van der Waals surface area contributed by atoms with Gasteiger partial charge in [0.05, 0.1) is 6.61 Å². The van der Waals surface area contributed by atoms with E-state index in [9.17, 15) is 9.59 Å². The SMILES string of the molecule is CCCCOC(=O)CN1CC2(CCCCC2)NC2(CCCCC2)CC1=O. The predicted octanol–water partition coefficient (Wildman–Crippen LogP) is 3.56. The molecule has 0 atom stereocenters. The van der Waals surface area contributed by atoms with Crippen molar-refractivity contribution in [2.24, 2.45) is 0 Å². The maximum absolute atomic E-state index is 13.1. The predicted molar refractivity (Wildman–Crippen MR) is 102 cm³/mol. The lowest BCUT2D eigenvalue weighted by Crippen LogP contribution is -2.61. The Balaban J connectivity index is 1.73. The Kier molecular flexibility index (Phi) is 6.60. The van der Waals surface area contributed by atoms with E-state index in [1.54, 1.807) is 4.90 Å². The second-order valence-electron chi connectivity index (χ2n) is 8.81. The molecule has 2 saturated carbocycles. The molecule has 1 heterocycles. The number of nitrogens with one attached hydrogen (secondary N) is 1. The third-order valence-corrected chi connectivity index (χ3v) is 6.57. The highest BCUT2D eigenvalue weighted by atomic mass is 16.5. The third-order valence-electron chi connectivity index (χ3n) is 6.57. The Bertz CT molecular complexity index is 493. The summed E-state index contributed by atoms with van der Waals surface area (Å²) in [6, 6.07) is 0. The molecule has 0 aromatic heterocycles. The molecule has 0 bridgehead atoms. The molecule has 1 amide bonds. The van der Waals surface area contributed by atoms with E-state index in [0.717, 1.165) is 38.5 Å². The molecule has 0 unspecified atom stereocenters. The van der Waals surface area contributed by atoms with E-state index < -0.39 is 0 Å². The number of hydrogen-bond donors (Lipinski definition) is 1. The van der Waals surface area contributed by atoms with Gasteiger partial charge in [-0.05, 0) is 32.1 Å². The summed E-state index contributed by atoms with van der Waals surface area (Å²) >= 11 is 0. The van der Waals surface area contributed by atoms with Crippen molar-refractivity contribution in [1.29, 1.82) is 0 Å². The van der Waals surface area contributed by atoms with Crippen LogP contribution in [0.1, 0.15) is 90.4 Å². The summed E-state index contributed by atoms with van der Waals surface area (Å²) < 4.78 is 5.33. The minimum atomic E-state index is -0.252. The molecule has 26 heavy (non-hydrogen) atoms. The molecule has 5 heteroatoms. The molecule has 3 rings (SSSR count). The van der Waals surface area contributed by atoms with Gasteiger partial charge in [-0.1, -0.05) is 51.9 Å². The molecular weight excluding hydrogens is 328 g/mol. The maximum atomic E-state index is 13.1. The second kappa shape index (κ2) is 8.73. The zero-order chi connectivity index (χ0) is 18.5. The van der Waals surface area contributed by atoms with Crippen LogP contribution >= 0.6 is 0 Å². The number of amides is 1. The Labute approximate surface area is 158 Å². The number of esters is 1. The van der Waals surface area contributed by atoms with Gasteiger partial charge in [0.15, 0.2) is 0 Å². The average molecular weight is 365 g/mol. The molecule has 1 N–H and O–H groups in total. The van der Waals surface area contributed by atoms with Gasteiger partial charge in [-0.25, -0.2) is 0 Å². The molecule has 3 fully saturated rings. The summed E-state index contributed by atoms with van der Waals surface area (Å²) in [7, 11) is 0. The van der Waals surface area contributed by atoms with Gasteiger partial charge in [-0.15, -0.1) is 0 Å². The first-order valence-electron chi connectivity index (χ1n) is 10.8. The number of rotatable bonds is 5. The van der Waals surface area contributed by atoms with Crippen molar-refractivity contribution in [3.8, 4) is 0 Å². The first kappa shape index (κ1) is 19.7. The Morgan fingerprint density at radius 1 is 1.04 bits per heavy atom. The quantitative estimate of drug-likeness (QED) is 0.599. The summed E-state index contributed by atoms with van der Waals surface area (Å²) in [4.78, 5) is 27.1. The van der Waals surface area contributed by atoms with Gasteiger partial charge in [-0.3, -0.25) is 9.59 Å². The van der Waals surface area contributed by atoms with E-state index in [2.05, 4.69) is 12.2 Å². The van der Waals surface area contributed by atoms with Gasteiger partial charge < -0.3 is 15.0 Å². The molecule has 1 aliphatic heterocycles. The van der Waals surface area contributed by atoms with Crippen molar-refractivity contribution in [1.82, 2.24) is 10.2 Å². The van der Waals surface area contributed by atoms with Gasteiger partial charge in [-0.2, -0.15) is 0 Å².